The fraction of sp³-hybridized carbons (Fsp3) is 0.750. The van der Waals surface area contributed by atoms with E-state index in [1.54, 1.807) is 6.92 Å². The second kappa shape index (κ2) is 7.39. The molecular formula is C12H23N5O3S. The van der Waals surface area contributed by atoms with Crippen molar-refractivity contribution in [3.05, 3.63) is 0 Å². The lowest BCUT2D eigenvalue weighted by molar-refractivity contribution is 0.222. The summed E-state index contributed by atoms with van der Waals surface area (Å²) in [4.78, 5) is 12.4. The van der Waals surface area contributed by atoms with E-state index in [9.17, 15) is 8.42 Å². The summed E-state index contributed by atoms with van der Waals surface area (Å²) in [7, 11) is -3.07. The van der Waals surface area contributed by atoms with Gasteiger partial charge in [0.2, 0.25) is 11.9 Å². The zero-order valence-corrected chi connectivity index (χ0v) is 13.9. The topological polar surface area (TPSA) is 106 Å². The highest BCUT2D eigenvalue weighted by molar-refractivity contribution is 7.90. The van der Waals surface area contributed by atoms with Gasteiger partial charge < -0.3 is 15.4 Å². The Bertz CT molecular complexity index is 562. The van der Waals surface area contributed by atoms with Gasteiger partial charge in [-0.15, -0.1) is 0 Å². The van der Waals surface area contributed by atoms with Crippen LogP contribution in [0.4, 0.5) is 11.9 Å². The summed E-state index contributed by atoms with van der Waals surface area (Å²) in [5.41, 5.74) is 0. The molecule has 0 spiro atoms. The summed E-state index contributed by atoms with van der Waals surface area (Å²) in [6.07, 6.45) is 1.12. The molecule has 1 atom stereocenters. The molecule has 1 aromatic rings. The molecule has 0 bridgehead atoms. The minimum atomic E-state index is -3.07. The molecule has 0 aromatic carbocycles. The molecule has 0 fully saturated rings. The number of aromatic nitrogens is 3. The first-order chi connectivity index (χ1) is 9.69. The fourth-order valence-corrected chi connectivity index (χ4v) is 2.63. The Hall–Kier alpha value is -1.64. The van der Waals surface area contributed by atoms with Crippen molar-refractivity contribution >= 4 is 21.7 Å². The number of anilines is 2. The van der Waals surface area contributed by atoms with E-state index in [0.29, 0.717) is 12.5 Å². The van der Waals surface area contributed by atoms with Crippen LogP contribution in [-0.4, -0.2) is 54.1 Å². The highest BCUT2D eigenvalue weighted by Crippen LogP contribution is 2.13. The first kappa shape index (κ1) is 17.4. The highest BCUT2D eigenvalue weighted by atomic mass is 32.2. The average Bonchev–Trinajstić information content (AvgIpc) is 2.24. The van der Waals surface area contributed by atoms with Gasteiger partial charge in [-0.3, -0.25) is 0 Å². The van der Waals surface area contributed by atoms with E-state index in [1.807, 2.05) is 20.8 Å². The quantitative estimate of drug-likeness (QED) is 0.729. The van der Waals surface area contributed by atoms with Crippen LogP contribution in [0.15, 0.2) is 0 Å². The summed E-state index contributed by atoms with van der Waals surface area (Å²) < 4.78 is 28.0. The minimum absolute atomic E-state index is 0.00437. The first-order valence-electron chi connectivity index (χ1n) is 6.80. The minimum Gasteiger partial charge on any atom is -0.461 e. The normalized spacial score (nSPS) is 13.0. The van der Waals surface area contributed by atoms with Crippen molar-refractivity contribution in [2.75, 3.05) is 29.2 Å². The number of nitrogens with zero attached hydrogens (tertiary/aromatic N) is 3. The molecule has 0 aliphatic carbocycles. The summed E-state index contributed by atoms with van der Waals surface area (Å²) >= 11 is 0. The molecule has 0 aliphatic rings. The highest BCUT2D eigenvalue weighted by Gasteiger charge is 2.14. The summed E-state index contributed by atoms with van der Waals surface area (Å²) in [6.45, 7) is 8.07. The van der Waals surface area contributed by atoms with Crippen molar-refractivity contribution in [1.29, 1.82) is 0 Å². The van der Waals surface area contributed by atoms with E-state index in [4.69, 9.17) is 4.74 Å². The van der Waals surface area contributed by atoms with Crippen molar-refractivity contribution in [2.45, 2.75) is 39.8 Å². The molecule has 1 heterocycles. The number of sulfone groups is 1. The third kappa shape index (κ3) is 7.07. The Balaban J connectivity index is 2.91. The van der Waals surface area contributed by atoms with Crippen molar-refractivity contribution in [3.8, 4) is 6.01 Å². The number of hydrogen-bond acceptors (Lipinski definition) is 8. The van der Waals surface area contributed by atoms with E-state index < -0.39 is 9.84 Å². The summed E-state index contributed by atoms with van der Waals surface area (Å²) in [5, 5.41) is 5.93. The molecule has 0 saturated carbocycles. The van der Waals surface area contributed by atoms with Crippen LogP contribution >= 0.6 is 0 Å². The zero-order chi connectivity index (χ0) is 16.0. The predicted molar refractivity (Wildman–Crippen MR) is 82.6 cm³/mol. The lowest BCUT2D eigenvalue weighted by Gasteiger charge is -2.15. The van der Waals surface area contributed by atoms with Crippen LogP contribution in [0, 0.1) is 0 Å². The molecule has 1 aromatic heterocycles. The molecule has 9 heteroatoms. The number of ether oxygens (including phenoxy) is 1. The van der Waals surface area contributed by atoms with Crippen LogP contribution < -0.4 is 15.4 Å². The maximum atomic E-state index is 11.3. The largest absolute Gasteiger partial charge is 0.461 e. The Kier molecular flexibility index (Phi) is 6.13. The molecule has 0 radical (unpaired) electrons. The standard InChI is InChI=1S/C12H23N5O3S/c1-6-13-10-15-11(14-9(4)7-21(5,18)19)17-12(16-10)20-8(2)3/h8-9H,6-7H2,1-5H3,(H2,13,14,15,16,17). The van der Waals surface area contributed by atoms with E-state index in [0.717, 1.165) is 0 Å². The number of hydrogen-bond donors (Lipinski definition) is 2. The lowest BCUT2D eigenvalue weighted by atomic mass is 10.4. The van der Waals surface area contributed by atoms with Crippen molar-refractivity contribution in [1.82, 2.24) is 15.0 Å². The third-order valence-electron chi connectivity index (χ3n) is 2.22. The Morgan fingerprint density at radius 3 is 2.29 bits per heavy atom. The van der Waals surface area contributed by atoms with Gasteiger partial charge in [-0.25, -0.2) is 8.42 Å². The average molecular weight is 317 g/mol. The van der Waals surface area contributed by atoms with Gasteiger partial charge in [0, 0.05) is 18.8 Å². The Labute approximate surface area is 125 Å². The molecule has 0 saturated heterocycles. The molecule has 120 valence electrons. The van der Waals surface area contributed by atoms with Gasteiger partial charge in [-0.1, -0.05) is 0 Å². The molecule has 1 rings (SSSR count). The Morgan fingerprint density at radius 1 is 1.14 bits per heavy atom. The maximum absolute atomic E-state index is 11.3. The van der Waals surface area contributed by atoms with Gasteiger partial charge in [0.15, 0.2) is 0 Å². The SMILES string of the molecule is CCNc1nc(NC(C)CS(C)(=O)=O)nc(OC(C)C)n1. The van der Waals surface area contributed by atoms with Crippen LogP contribution in [0.3, 0.4) is 0 Å². The molecule has 1 unspecified atom stereocenters. The smallest absolute Gasteiger partial charge is 0.323 e. The third-order valence-corrected chi connectivity index (χ3v) is 3.32. The zero-order valence-electron chi connectivity index (χ0n) is 13.0. The van der Waals surface area contributed by atoms with Crippen molar-refractivity contribution < 1.29 is 13.2 Å². The molecular weight excluding hydrogens is 294 g/mol. The summed E-state index contributed by atoms with van der Waals surface area (Å²) in [5.74, 6) is 0.667. The van der Waals surface area contributed by atoms with Gasteiger partial charge in [0.05, 0.1) is 11.9 Å². The number of nitrogens with one attached hydrogen (secondary N) is 2. The maximum Gasteiger partial charge on any atom is 0.323 e. The second-order valence-corrected chi connectivity index (χ2v) is 7.28. The molecule has 21 heavy (non-hydrogen) atoms. The van der Waals surface area contributed by atoms with Crippen LogP contribution in [0.25, 0.3) is 0 Å². The van der Waals surface area contributed by atoms with Gasteiger partial charge in [0.25, 0.3) is 0 Å². The van der Waals surface area contributed by atoms with E-state index >= 15 is 0 Å². The van der Waals surface area contributed by atoms with Crippen molar-refractivity contribution in [3.63, 3.8) is 0 Å². The molecule has 0 amide bonds. The fourth-order valence-electron chi connectivity index (χ4n) is 1.64. The Morgan fingerprint density at radius 2 is 1.76 bits per heavy atom. The van der Waals surface area contributed by atoms with Crippen LogP contribution in [-0.2, 0) is 9.84 Å². The van der Waals surface area contributed by atoms with E-state index in [1.165, 1.54) is 6.26 Å². The van der Waals surface area contributed by atoms with Crippen LogP contribution in [0.5, 0.6) is 6.01 Å². The van der Waals surface area contributed by atoms with Crippen molar-refractivity contribution in [2.24, 2.45) is 0 Å². The molecule has 0 aliphatic heterocycles. The molecule has 2 N–H and O–H groups in total. The first-order valence-corrected chi connectivity index (χ1v) is 8.86. The van der Waals surface area contributed by atoms with Crippen LogP contribution in [0.1, 0.15) is 27.7 Å². The second-order valence-electron chi connectivity index (χ2n) is 5.10. The van der Waals surface area contributed by atoms with E-state index in [2.05, 4.69) is 25.6 Å². The van der Waals surface area contributed by atoms with Gasteiger partial charge in [0.1, 0.15) is 9.84 Å². The van der Waals surface area contributed by atoms with E-state index in [-0.39, 0.29) is 29.9 Å². The van der Waals surface area contributed by atoms with Gasteiger partial charge in [-0.05, 0) is 27.7 Å². The monoisotopic (exact) mass is 317 g/mol. The number of rotatable bonds is 8. The van der Waals surface area contributed by atoms with Gasteiger partial charge >= 0.3 is 6.01 Å². The lowest BCUT2D eigenvalue weighted by Crippen LogP contribution is -2.26. The van der Waals surface area contributed by atoms with Gasteiger partial charge in [-0.2, -0.15) is 15.0 Å². The summed E-state index contributed by atoms with van der Waals surface area (Å²) in [6, 6.07) is -0.117. The predicted octanol–water partition coefficient (Wildman–Crippen LogP) is 0.936. The molecule has 8 nitrogen and oxygen atoms in total. The van der Waals surface area contributed by atoms with Crippen LogP contribution in [0.2, 0.25) is 0 Å².